The first kappa shape index (κ1) is 27.7. The molecule has 3 aromatic rings. The monoisotopic (exact) mass is 557 g/mol. The minimum Gasteiger partial charge on any atom is -0.395 e. The summed E-state index contributed by atoms with van der Waals surface area (Å²) in [4.78, 5) is 15.6. The maximum atomic E-state index is 11.7. The van der Waals surface area contributed by atoms with Gasteiger partial charge in [0, 0.05) is 61.5 Å². The molecule has 0 bridgehead atoms. The highest BCUT2D eigenvalue weighted by Gasteiger charge is 2.31. The van der Waals surface area contributed by atoms with E-state index in [-0.39, 0.29) is 35.2 Å². The third-order valence-electron chi connectivity index (χ3n) is 6.26. The minimum absolute atomic E-state index is 0.0610. The lowest BCUT2D eigenvalue weighted by atomic mass is 9.93. The largest absolute Gasteiger partial charge is 0.395 e. The summed E-state index contributed by atoms with van der Waals surface area (Å²) in [5.74, 6) is 1.98. The lowest BCUT2D eigenvalue weighted by Gasteiger charge is -2.41. The number of fused-ring (bicyclic) bond motifs is 1. The van der Waals surface area contributed by atoms with Crippen LogP contribution < -0.4 is 15.5 Å². The Balaban J connectivity index is 1.62. The van der Waals surface area contributed by atoms with Crippen LogP contribution in [0, 0.1) is 11.3 Å². The first-order valence-corrected chi connectivity index (χ1v) is 14.7. The predicted octanol–water partition coefficient (Wildman–Crippen LogP) is 3.51. The van der Waals surface area contributed by atoms with Crippen molar-refractivity contribution in [1.82, 2.24) is 20.3 Å². The Bertz CT molecular complexity index is 1470. The molecule has 0 atom stereocenters. The van der Waals surface area contributed by atoms with Gasteiger partial charge in [-0.05, 0) is 35.1 Å². The maximum Gasteiger partial charge on any atom is 0.166 e. The number of hydrogen-bond acceptors (Lipinski definition) is 10. The number of nitrogens with zero attached hydrogens (tertiary/aromatic N) is 4. The Morgan fingerprint density at radius 2 is 2.00 bits per heavy atom. The lowest BCUT2D eigenvalue weighted by molar-refractivity contribution is 0.298. The highest BCUT2D eigenvalue weighted by molar-refractivity contribution is 7.90. The van der Waals surface area contributed by atoms with Crippen molar-refractivity contribution in [1.29, 1.82) is 5.41 Å². The molecule has 10 nitrogen and oxygen atoms in total. The summed E-state index contributed by atoms with van der Waals surface area (Å²) in [5.41, 5.74) is 2.52. The van der Waals surface area contributed by atoms with E-state index in [1.165, 1.54) is 18.0 Å². The molecule has 3 heterocycles. The molecule has 0 amide bonds. The summed E-state index contributed by atoms with van der Waals surface area (Å²) in [5, 5.41) is 24.8. The van der Waals surface area contributed by atoms with Crippen LogP contribution in [0.1, 0.15) is 31.2 Å². The number of pyridine rings is 1. The minimum atomic E-state index is -3.00. The first-order chi connectivity index (χ1) is 18.1. The second-order valence-corrected chi connectivity index (χ2v) is 12.3. The van der Waals surface area contributed by atoms with Crippen molar-refractivity contribution in [2.75, 3.05) is 48.5 Å². The summed E-state index contributed by atoms with van der Waals surface area (Å²) in [6.45, 7) is 5.93. The topological polar surface area (TPSA) is 144 Å². The molecule has 4 rings (SSSR count). The molecule has 1 aliphatic heterocycles. The van der Waals surface area contributed by atoms with E-state index >= 15 is 0 Å². The van der Waals surface area contributed by atoms with Crippen LogP contribution in [0.2, 0.25) is 0 Å². The van der Waals surface area contributed by atoms with E-state index in [2.05, 4.69) is 56.5 Å². The highest BCUT2D eigenvalue weighted by atomic mass is 35.5. The summed E-state index contributed by atoms with van der Waals surface area (Å²) in [6.07, 6.45) is 6.20. The van der Waals surface area contributed by atoms with Crippen molar-refractivity contribution >= 4 is 60.3 Å². The van der Waals surface area contributed by atoms with Crippen molar-refractivity contribution in [2.24, 2.45) is 5.92 Å². The maximum absolute atomic E-state index is 11.7. The normalized spacial score (nSPS) is 14.6. The molecule has 4 N–H and O–H groups in total. The van der Waals surface area contributed by atoms with Crippen molar-refractivity contribution in [3.8, 4) is 0 Å². The molecular formula is C26H32ClN7O3S. The smallest absolute Gasteiger partial charge is 0.166 e. The molecule has 0 saturated carbocycles. The number of aromatic nitrogens is 3. The number of nitrogens with one attached hydrogen (secondary N) is 3. The Kier molecular flexibility index (Phi) is 8.49. The van der Waals surface area contributed by atoms with Gasteiger partial charge in [-0.2, -0.15) is 0 Å². The Labute approximate surface area is 227 Å². The van der Waals surface area contributed by atoms with Crippen LogP contribution in [0.15, 0.2) is 42.9 Å². The first-order valence-electron chi connectivity index (χ1n) is 12.3. The lowest BCUT2D eigenvalue weighted by Crippen LogP contribution is -2.49. The van der Waals surface area contributed by atoms with Gasteiger partial charge in [-0.1, -0.05) is 31.5 Å². The standard InChI is InChI=1S/C26H32ClN7O3S/c1-16(2)18-4-5-22(34-13-17(14-34)15-38(3,36)37)20-12-31-24(10-19(18)20)32-23-6-7-30-26(33-23)21(25(27)28)11-29-8-9-35/h4-7,10-12,16-17,28-29,35H,8-9,13-15H2,1-3H3,(H,30,31,32,33)/b21-11+,28-25?. The van der Waals surface area contributed by atoms with Crippen LogP contribution in [0.25, 0.3) is 16.3 Å². The van der Waals surface area contributed by atoms with Gasteiger partial charge in [-0.25, -0.2) is 23.4 Å². The number of hydrogen-bond donors (Lipinski definition) is 4. The molecular weight excluding hydrogens is 526 g/mol. The molecule has 0 spiro atoms. The fourth-order valence-corrected chi connectivity index (χ4v) is 5.75. The predicted molar refractivity (Wildman–Crippen MR) is 153 cm³/mol. The molecule has 1 aliphatic rings. The van der Waals surface area contributed by atoms with Crippen LogP contribution in [-0.4, -0.2) is 71.9 Å². The van der Waals surface area contributed by atoms with E-state index in [0.717, 1.165) is 16.5 Å². The zero-order chi connectivity index (χ0) is 27.4. The Morgan fingerprint density at radius 3 is 2.66 bits per heavy atom. The fourth-order valence-electron chi connectivity index (χ4n) is 4.55. The number of aliphatic hydroxyl groups excluding tert-OH is 1. The third kappa shape index (κ3) is 6.58. The summed E-state index contributed by atoms with van der Waals surface area (Å²) < 4.78 is 23.3. The molecule has 0 radical (unpaired) electrons. The van der Waals surface area contributed by atoms with E-state index in [1.807, 2.05) is 12.3 Å². The van der Waals surface area contributed by atoms with Crippen LogP contribution in [0.5, 0.6) is 0 Å². The van der Waals surface area contributed by atoms with E-state index in [4.69, 9.17) is 22.1 Å². The SMILES string of the molecule is CC(C)c1ccc(N2CC(CS(C)(=O)=O)C2)c2cnc(Nc3ccnc(/C(=C/NCCO)C(=N)Cl)n3)cc12. The molecule has 1 fully saturated rings. The second kappa shape index (κ2) is 11.6. The Morgan fingerprint density at radius 1 is 1.24 bits per heavy atom. The van der Waals surface area contributed by atoms with Gasteiger partial charge in [-0.15, -0.1) is 0 Å². The van der Waals surface area contributed by atoms with Gasteiger partial charge in [0.25, 0.3) is 0 Å². The van der Waals surface area contributed by atoms with E-state index in [9.17, 15) is 8.42 Å². The number of anilines is 3. The van der Waals surface area contributed by atoms with Crippen molar-refractivity contribution in [3.05, 3.63) is 54.2 Å². The molecule has 1 saturated heterocycles. The number of halogens is 1. The Hall–Kier alpha value is -3.28. The highest BCUT2D eigenvalue weighted by Crippen LogP contribution is 2.37. The van der Waals surface area contributed by atoms with Crippen LogP contribution in [0.4, 0.5) is 17.3 Å². The van der Waals surface area contributed by atoms with Crippen LogP contribution in [0.3, 0.4) is 0 Å². The van der Waals surface area contributed by atoms with Crippen molar-refractivity contribution in [3.63, 3.8) is 0 Å². The summed E-state index contributed by atoms with van der Waals surface area (Å²) in [6, 6.07) is 7.92. The molecule has 1 aromatic carbocycles. The van der Waals surface area contributed by atoms with Gasteiger partial charge < -0.3 is 20.6 Å². The van der Waals surface area contributed by atoms with E-state index in [0.29, 0.717) is 36.8 Å². The number of allylic oxidation sites excluding steroid dienone is 1. The molecule has 0 unspecified atom stereocenters. The molecule has 38 heavy (non-hydrogen) atoms. The van der Waals surface area contributed by atoms with Gasteiger partial charge in [-0.3, -0.25) is 5.41 Å². The quantitative estimate of drug-likeness (QED) is 0.205. The van der Waals surface area contributed by atoms with Gasteiger partial charge >= 0.3 is 0 Å². The number of benzene rings is 1. The summed E-state index contributed by atoms with van der Waals surface area (Å²) in [7, 11) is -3.00. The van der Waals surface area contributed by atoms with Gasteiger partial charge in [0.2, 0.25) is 0 Å². The average molecular weight is 558 g/mol. The number of sulfone groups is 1. The average Bonchev–Trinajstić information content (AvgIpc) is 2.82. The molecule has 0 aliphatic carbocycles. The summed E-state index contributed by atoms with van der Waals surface area (Å²) >= 11 is 5.95. The fraction of sp³-hybridized carbons (Fsp3) is 0.385. The van der Waals surface area contributed by atoms with Crippen LogP contribution in [-0.2, 0) is 9.84 Å². The van der Waals surface area contributed by atoms with Crippen LogP contribution >= 0.6 is 11.6 Å². The van der Waals surface area contributed by atoms with Crippen molar-refractivity contribution in [2.45, 2.75) is 19.8 Å². The zero-order valence-corrected chi connectivity index (χ0v) is 23.1. The third-order valence-corrected chi connectivity index (χ3v) is 7.54. The molecule has 202 valence electrons. The van der Waals surface area contributed by atoms with Gasteiger partial charge in [0.05, 0.1) is 17.9 Å². The molecule has 12 heteroatoms. The van der Waals surface area contributed by atoms with Gasteiger partial charge in [0.1, 0.15) is 26.6 Å². The molecule has 2 aromatic heterocycles. The van der Waals surface area contributed by atoms with E-state index in [1.54, 1.807) is 12.3 Å². The number of aliphatic hydroxyl groups is 1. The van der Waals surface area contributed by atoms with Gasteiger partial charge in [0.15, 0.2) is 5.82 Å². The second-order valence-electron chi connectivity index (χ2n) is 9.75. The van der Waals surface area contributed by atoms with Crippen molar-refractivity contribution < 1.29 is 13.5 Å². The number of rotatable bonds is 11. The van der Waals surface area contributed by atoms with E-state index < -0.39 is 9.84 Å². The zero-order valence-electron chi connectivity index (χ0n) is 21.6.